The predicted molar refractivity (Wildman–Crippen MR) is 106 cm³/mol. The fraction of sp³-hybridized carbons (Fsp3) is 0.700. The van der Waals surface area contributed by atoms with Gasteiger partial charge in [0, 0.05) is 12.1 Å². The summed E-state index contributed by atoms with van der Waals surface area (Å²) < 4.78 is 0. The number of non-ortho nitro benzene ring substituents is 1. The molecule has 0 saturated carbocycles. The lowest BCUT2D eigenvalue weighted by molar-refractivity contribution is -0.384. The number of rotatable bonds is 14. The number of hydrogen-bond acceptors (Lipinski definition) is 3. The van der Waals surface area contributed by atoms with Crippen molar-refractivity contribution in [2.45, 2.75) is 77.6 Å². The maximum Gasteiger partial charge on any atom is 0.269 e. The van der Waals surface area contributed by atoms with Crippen molar-refractivity contribution in [2.24, 2.45) is 5.92 Å². The van der Waals surface area contributed by atoms with Crippen molar-refractivity contribution in [2.75, 3.05) is 5.75 Å². The van der Waals surface area contributed by atoms with Gasteiger partial charge in [0.2, 0.25) is 0 Å². The zero-order valence-corrected chi connectivity index (χ0v) is 16.0. The van der Waals surface area contributed by atoms with E-state index < -0.39 is 0 Å². The van der Waals surface area contributed by atoms with E-state index in [1.807, 2.05) is 12.1 Å². The smallest absolute Gasteiger partial charge is 0.258 e. The summed E-state index contributed by atoms with van der Waals surface area (Å²) in [4.78, 5) is 10.3. The Labute approximate surface area is 152 Å². The molecule has 0 amide bonds. The van der Waals surface area contributed by atoms with Crippen LogP contribution in [0.2, 0.25) is 0 Å². The second-order valence-corrected chi connectivity index (χ2v) is 7.16. The van der Waals surface area contributed by atoms with Gasteiger partial charge in [0.05, 0.1) is 4.92 Å². The van der Waals surface area contributed by atoms with Gasteiger partial charge in [0.15, 0.2) is 0 Å². The molecule has 1 atom stereocenters. The third-order valence-corrected chi connectivity index (χ3v) is 5.16. The Balaban J connectivity index is 2.15. The van der Waals surface area contributed by atoms with Gasteiger partial charge < -0.3 is 0 Å². The Kier molecular flexibility index (Phi) is 11.6. The van der Waals surface area contributed by atoms with Gasteiger partial charge in [0.1, 0.15) is 0 Å². The Morgan fingerprint density at radius 1 is 0.958 bits per heavy atom. The van der Waals surface area contributed by atoms with Gasteiger partial charge in [-0.15, -0.1) is 0 Å². The second kappa shape index (κ2) is 13.3. The van der Waals surface area contributed by atoms with E-state index in [0.717, 1.165) is 12.2 Å². The monoisotopic (exact) mass is 351 g/mol. The van der Waals surface area contributed by atoms with Crippen molar-refractivity contribution >= 4 is 18.3 Å². The van der Waals surface area contributed by atoms with Crippen molar-refractivity contribution in [3.63, 3.8) is 0 Å². The average Bonchev–Trinajstić information content (AvgIpc) is 2.59. The topological polar surface area (TPSA) is 43.1 Å². The van der Waals surface area contributed by atoms with Crippen molar-refractivity contribution in [1.82, 2.24) is 0 Å². The number of benzene rings is 1. The fourth-order valence-corrected chi connectivity index (χ4v) is 3.40. The van der Waals surface area contributed by atoms with Gasteiger partial charge in [-0.25, -0.2) is 0 Å². The highest BCUT2D eigenvalue weighted by Gasteiger charge is 2.10. The molecule has 1 unspecified atom stereocenters. The summed E-state index contributed by atoms with van der Waals surface area (Å²) in [6.07, 6.45) is 14.4. The highest BCUT2D eigenvalue weighted by atomic mass is 32.1. The second-order valence-electron chi connectivity index (χ2n) is 6.79. The molecule has 4 heteroatoms. The van der Waals surface area contributed by atoms with Crippen LogP contribution in [0.3, 0.4) is 0 Å². The lowest BCUT2D eigenvalue weighted by atomic mass is 9.94. The first kappa shape index (κ1) is 21.0. The summed E-state index contributed by atoms with van der Waals surface area (Å²) in [5.41, 5.74) is 1.34. The molecule has 24 heavy (non-hydrogen) atoms. The van der Waals surface area contributed by atoms with E-state index >= 15 is 0 Å². The van der Waals surface area contributed by atoms with E-state index in [2.05, 4.69) is 19.6 Å². The summed E-state index contributed by atoms with van der Waals surface area (Å²) in [6.45, 7) is 2.26. The number of unbranched alkanes of at least 4 members (excludes halogenated alkanes) is 8. The molecule has 0 N–H and O–H groups in total. The normalized spacial score (nSPS) is 12.2. The molecule has 1 rings (SSSR count). The van der Waals surface area contributed by atoms with Crippen LogP contribution in [0, 0.1) is 16.0 Å². The first-order valence-electron chi connectivity index (χ1n) is 9.51. The molecule has 0 aliphatic carbocycles. The third-order valence-electron chi connectivity index (χ3n) is 4.65. The molecule has 3 nitrogen and oxygen atoms in total. The van der Waals surface area contributed by atoms with Crippen molar-refractivity contribution < 1.29 is 4.92 Å². The van der Waals surface area contributed by atoms with Crippen LogP contribution in [0.5, 0.6) is 0 Å². The first-order chi connectivity index (χ1) is 11.7. The number of nitrogens with zero attached hydrogens (tertiary/aromatic N) is 1. The van der Waals surface area contributed by atoms with Gasteiger partial charge in [-0.1, -0.05) is 76.8 Å². The lowest BCUT2D eigenvalue weighted by Crippen LogP contribution is -2.06. The number of thiol groups is 1. The number of hydrogen-bond donors (Lipinski definition) is 1. The summed E-state index contributed by atoms with van der Waals surface area (Å²) in [6, 6.07) is 6.96. The average molecular weight is 352 g/mol. The molecular formula is C20H33NO2S. The van der Waals surface area contributed by atoms with Gasteiger partial charge in [-0.05, 0) is 30.1 Å². The van der Waals surface area contributed by atoms with Crippen LogP contribution in [0.1, 0.15) is 76.7 Å². The van der Waals surface area contributed by atoms with Crippen LogP contribution >= 0.6 is 12.6 Å². The van der Waals surface area contributed by atoms with Crippen LogP contribution < -0.4 is 0 Å². The van der Waals surface area contributed by atoms with Crippen molar-refractivity contribution in [3.05, 3.63) is 39.9 Å². The minimum absolute atomic E-state index is 0.167. The van der Waals surface area contributed by atoms with Gasteiger partial charge in [0.25, 0.3) is 5.69 Å². The molecular weight excluding hydrogens is 318 g/mol. The lowest BCUT2D eigenvalue weighted by Gasteiger charge is -2.14. The fourth-order valence-electron chi connectivity index (χ4n) is 3.09. The molecule has 1 aromatic carbocycles. The Hall–Kier alpha value is -1.03. The predicted octanol–water partition coefficient (Wildman–Crippen LogP) is 6.60. The van der Waals surface area contributed by atoms with Crippen molar-refractivity contribution in [3.8, 4) is 0 Å². The summed E-state index contributed by atoms with van der Waals surface area (Å²) >= 11 is 4.48. The van der Waals surface area contributed by atoms with E-state index in [9.17, 15) is 10.1 Å². The van der Waals surface area contributed by atoms with E-state index in [1.54, 1.807) is 12.1 Å². The summed E-state index contributed by atoms with van der Waals surface area (Å²) in [5, 5.41) is 10.7. The van der Waals surface area contributed by atoms with Crippen LogP contribution in [-0.4, -0.2) is 10.7 Å². The molecule has 0 aliphatic heterocycles. The van der Waals surface area contributed by atoms with Gasteiger partial charge >= 0.3 is 0 Å². The quantitative estimate of drug-likeness (QED) is 0.177. The molecule has 0 spiro atoms. The standard InChI is InChI=1S/C20H33NO2S/c1-2-3-4-5-6-7-8-9-10-11-19(17-24)16-18-12-14-20(15-13-18)21(22)23/h12-15,19,24H,2-11,16-17H2,1H3. The molecule has 0 aliphatic rings. The molecule has 136 valence electrons. The zero-order chi connectivity index (χ0) is 17.6. The molecule has 0 aromatic heterocycles. The highest BCUT2D eigenvalue weighted by Crippen LogP contribution is 2.20. The highest BCUT2D eigenvalue weighted by molar-refractivity contribution is 7.80. The molecule has 0 saturated heterocycles. The third kappa shape index (κ3) is 9.31. The number of nitro benzene ring substituents is 1. The van der Waals surface area contributed by atoms with Gasteiger partial charge in [-0.3, -0.25) is 10.1 Å². The molecule has 0 fully saturated rings. The van der Waals surface area contributed by atoms with Crippen LogP contribution in [-0.2, 0) is 6.42 Å². The van der Waals surface area contributed by atoms with E-state index in [-0.39, 0.29) is 10.6 Å². The minimum Gasteiger partial charge on any atom is -0.258 e. The SMILES string of the molecule is CCCCCCCCCCCC(CS)Cc1ccc([N+](=O)[O-])cc1. The Morgan fingerprint density at radius 2 is 1.50 bits per heavy atom. The maximum absolute atomic E-state index is 10.7. The van der Waals surface area contributed by atoms with E-state index in [1.165, 1.54) is 69.8 Å². The van der Waals surface area contributed by atoms with Crippen molar-refractivity contribution in [1.29, 1.82) is 0 Å². The van der Waals surface area contributed by atoms with E-state index in [0.29, 0.717) is 5.92 Å². The molecule has 0 bridgehead atoms. The van der Waals surface area contributed by atoms with Crippen LogP contribution in [0.25, 0.3) is 0 Å². The summed E-state index contributed by atoms with van der Waals surface area (Å²) in [5.74, 6) is 1.45. The zero-order valence-electron chi connectivity index (χ0n) is 15.1. The summed E-state index contributed by atoms with van der Waals surface area (Å²) in [7, 11) is 0. The van der Waals surface area contributed by atoms with Gasteiger partial charge in [-0.2, -0.15) is 12.6 Å². The minimum atomic E-state index is -0.345. The maximum atomic E-state index is 10.7. The van der Waals surface area contributed by atoms with Crippen LogP contribution in [0.4, 0.5) is 5.69 Å². The Morgan fingerprint density at radius 3 is 2.00 bits per heavy atom. The van der Waals surface area contributed by atoms with Crippen LogP contribution in [0.15, 0.2) is 24.3 Å². The number of nitro groups is 1. The molecule has 1 aromatic rings. The Bertz CT molecular complexity index is 447. The largest absolute Gasteiger partial charge is 0.269 e. The van der Waals surface area contributed by atoms with E-state index in [4.69, 9.17) is 0 Å². The molecule has 0 radical (unpaired) electrons. The molecule has 0 heterocycles. The first-order valence-corrected chi connectivity index (χ1v) is 10.1.